The highest BCUT2D eigenvalue weighted by atomic mass is 19.1. The molecule has 0 radical (unpaired) electrons. The number of anilines is 1. The number of halogens is 1. The molecule has 1 aromatic heterocycles. The summed E-state index contributed by atoms with van der Waals surface area (Å²) in [5, 5.41) is 0. The van der Waals surface area contributed by atoms with Crippen LogP contribution in [-0.4, -0.2) is 4.98 Å². The first-order valence-electron chi connectivity index (χ1n) is 4.24. The number of nitrogens with zero attached hydrogens (tertiary/aromatic N) is 1. The van der Waals surface area contributed by atoms with Crippen LogP contribution in [0.1, 0.15) is 0 Å². The Morgan fingerprint density at radius 2 is 1.93 bits per heavy atom. The lowest BCUT2D eigenvalue weighted by Crippen LogP contribution is -1.90. The van der Waals surface area contributed by atoms with Gasteiger partial charge in [-0.2, -0.15) is 0 Å². The zero-order valence-corrected chi connectivity index (χ0v) is 7.44. The minimum atomic E-state index is -0.286. The SMILES string of the molecule is Nc1ccnc(-c2ccccc2F)c1. The van der Waals surface area contributed by atoms with E-state index in [4.69, 9.17) is 5.73 Å². The molecule has 0 fully saturated rings. The molecule has 0 atom stereocenters. The average Bonchev–Trinajstić information content (AvgIpc) is 2.18. The van der Waals surface area contributed by atoms with E-state index in [0.29, 0.717) is 16.9 Å². The number of hydrogen-bond acceptors (Lipinski definition) is 2. The van der Waals surface area contributed by atoms with Crippen molar-refractivity contribution < 1.29 is 4.39 Å². The molecule has 0 amide bonds. The molecule has 1 aromatic carbocycles. The fraction of sp³-hybridized carbons (Fsp3) is 0. The van der Waals surface area contributed by atoms with E-state index in [1.54, 1.807) is 36.5 Å². The van der Waals surface area contributed by atoms with Crippen LogP contribution < -0.4 is 5.73 Å². The molecule has 0 aliphatic heterocycles. The van der Waals surface area contributed by atoms with Crippen molar-refractivity contribution in [3.05, 3.63) is 48.4 Å². The highest BCUT2D eigenvalue weighted by Gasteiger charge is 2.04. The molecule has 0 spiro atoms. The van der Waals surface area contributed by atoms with Crippen LogP contribution >= 0.6 is 0 Å². The first kappa shape index (κ1) is 8.69. The molecule has 2 N–H and O–H groups in total. The number of aromatic nitrogens is 1. The Morgan fingerprint density at radius 1 is 1.14 bits per heavy atom. The molecule has 0 aliphatic carbocycles. The quantitative estimate of drug-likeness (QED) is 0.746. The second-order valence-corrected chi connectivity index (χ2v) is 2.95. The molecule has 0 bridgehead atoms. The fourth-order valence-corrected chi connectivity index (χ4v) is 1.26. The molecule has 0 saturated carbocycles. The fourth-order valence-electron chi connectivity index (χ4n) is 1.26. The van der Waals surface area contributed by atoms with Gasteiger partial charge in [0.15, 0.2) is 0 Å². The molecule has 2 rings (SSSR count). The Hall–Kier alpha value is -1.90. The lowest BCUT2D eigenvalue weighted by Gasteiger charge is -2.02. The topological polar surface area (TPSA) is 38.9 Å². The van der Waals surface area contributed by atoms with E-state index in [0.717, 1.165) is 0 Å². The molecule has 0 saturated heterocycles. The summed E-state index contributed by atoms with van der Waals surface area (Å²) in [4.78, 5) is 4.05. The maximum absolute atomic E-state index is 13.3. The number of rotatable bonds is 1. The third-order valence-corrected chi connectivity index (χ3v) is 1.93. The van der Waals surface area contributed by atoms with Crippen LogP contribution in [0.2, 0.25) is 0 Å². The van der Waals surface area contributed by atoms with Crippen LogP contribution in [0.5, 0.6) is 0 Å². The van der Waals surface area contributed by atoms with Crippen molar-refractivity contribution in [3.8, 4) is 11.3 Å². The first-order valence-corrected chi connectivity index (χ1v) is 4.24. The molecule has 0 aliphatic rings. The largest absolute Gasteiger partial charge is 0.399 e. The van der Waals surface area contributed by atoms with Crippen molar-refractivity contribution in [2.24, 2.45) is 0 Å². The molecule has 0 unspecified atom stereocenters. The Balaban J connectivity index is 2.55. The number of hydrogen-bond donors (Lipinski definition) is 1. The number of nitrogens with two attached hydrogens (primary N) is 1. The predicted molar refractivity (Wildman–Crippen MR) is 54.0 cm³/mol. The van der Waals surface area contributed by atoms with Gasteiger partial charge in [0, 0.05) is 17.4 Å². The van der Waals surface area contributed by atoms with Crippen LogP contribution in [0, 0.1) is 5.82 Å². The van der Waals surface area contributed by atoms with E-state index < -0.39 is 0 Å². The van der Waals surface area contributed by atoms with Crippen molar-refractivity contribution in [1.82, 2.24) is 4.98 Å². The summed E-state index contributed by atoms with van der Waals surface area (Å²) < 4.78 is 13.3. The number of pyridine rings is 1. The number of benzene rings is 1. The Labute approximate surface area is 81.2 Å². The molecule has 3 heteroatoms. The summed E-state index contributed by atoms with van der Waals surface area (Å²) in [6, 6.07) is 9.81. The summed E-state index contributed by atoms with van der Waals surface area (Å²) in [6.07, 6.45) is 1.57. The van der Waals surface area contributed by atoms with Gasteiger partial charge in [0.1, 0.15) is 5.82 Å². The summed E-state index contributed by atoms with van der Waals surface area (Å²) >= 11 is 0. The van der Waals surface area contributed by atoms with Gasteiger partial charge in [0.25, 0.3) is 0 Å². The second-order valence-electron chi connectivity index (χ2n) is 2.95. The lowest BCUT2D eigenvalue weighted by atomic mass is 10.1. The van der Waals surface area contributed by atoms with E-state index in [9.17, 15) is 4.39 Å². The standard InChI is InChI=1S/C11H9FN2/c12-10-4-2-1-3-9(10)11-7-8(13)5-6-14-11/h1-7H,(H2,13,14). The van der Waals surface area contributed by atoms with E-state index >= 15 is 0 Å². The third kappa shape index (κ3) is 1.57. The van der Waals surface area contributed by atoms with Gasteiger partial charge < -0.3 is 5.73 Å². The van der Waals surface area contributed by atoms with Gasteiger partial charge in [0.2, 0.25) is 0 Å². The van der Waals surface area contributed by atoms with Gasteiger partial charge in [0.05, 0.1) is 5.69 Å². The third-order valence-electron chi connectivity index (χ3n) is 1.93. The zero-order chi connectivity index (χ0) is 9.97. The Bertz CT molecular complexity index is 455. The minimum Gasteiger partial charge on any atom is -0.399 e. The Morgan fingerprint density at radius 3 is 2.64 bits per heavy atom. The van der Waals surface area contributed by atoms with Gasteiger partial charge in [-0.15, -0.1) is 0 Å². The molecular weight excluding hydrogens is 179 g/mol. The summed E-state index contributed by atoms with van der Waals surface area (Å²) in [7, 11) is 0. The van der Waals surface area contributed by atoms with E-state index in [-0.39, 0.29) is 5.82 Å². The monoisotopic (exact) mass is 188 g/mol. The average molecular weight is 188 g/mol. The van der Waals surface area contributed by atoms with Crippen molar-refractivity contribution in [1.29, 1.82) is 0 Å². The second kappa shape index (κ2) is 3.46. The van der Waals surface area contributed by atoms with Crippen LogP contribution in [-0.2, 0) is 0 Å². The van der Waals surface area contributed by atoms with Gasteiger partial charge in [-0.05, 0) is 24.3 Å². The molecule has 2 nitrogen and oxygen atoms in total. The van der Waals surface area contributed by atoms with E-state index in [1.807, 2.05) is 0 Å². The zero-order valence-electron chi connectivity index (χ0n) is 7.44. The first-order chi connectivity index (χ1) is 6.77. The van der Waals surface area contributed by atoms with Crippen molar-refractivity contribution in [2.45, 2.75) is 0 Å². The highest BCUT2D eigenvalue weighted by Crippen LogP contribution is 2.21. The smallest absolute Gasteiger partial charge is 0.132 e. The minimum absolute atomic E-state index is 0.286. The Kier molecular flexibility index (Phi) is 2.14. The number of nitrogen functional groups attached to an aromatic ring is 1. The van der Waals surface area contributed by atoms with Gasteiger partial charge >= 0.3 is 0 Å². The van der Waals surface area contributed by atoms with Gasteiger partial charge in [-0.3, -0.25) is 4.98 Å². The summed E-state index contributed by atoms with van der Waals surface area (Å²) in [6.45, 7) is 0. The molecule has 70 valence electrons. The normalized spacial score (nSPS) is 10.1. The van der Waals surface area contributed by atoms with E-state index in [1.165, 1.54) is 6.07 Å². The van der Waals surface area contributed by atoms with Crippen LogP contribution in [0.25, 0.3) is 11.3 Å². The van der Waals surface area contributed by atoms with Gasteiger partial charge in [-0.1, -0.05) is 12.1 Å². The van der Waals surface area contributed by atoms with Crippen LogP contribution in [0.3, 0.4) is 0 Å². The maximum Gasteiger partial charge on any atom is 0.132 e. The van der Waals surface area contributed by atoms with Crippen molar-refractivity contribution in [3.63, 3.8) is 0 Å². The van der Waals surface area contributed by atoms with Gasteiger partial charge in [-0.25, -0.2) is 4.39 Å². The summed E-state index contributed by atoms with van der Waals surface area (Å²) in [5.74, 6) is -0.286. The van der Waals surface area contributed by atoms with E-state index in [2.05, 4.69) is 4.98 Å². The predicted octanol–water partition coefficient (Wildman–Crippen LogP) is 2.47. The van der Waals surface area contributed by atoms with Crippen molar-refractivity contribution in [2.75, 3.05) is 5.73 Å². The molecule has 2 aromatic rings. The highest BCUT2D eigenvalue weighted by molar-refractivity contribution is 5.63. The maximum atomic E-state index is 13.3. The molecular formula is C11H9FN2. The molecule has 14 heavy (non-hydrogen) atoms. The van der Waals surface area contributed by atoms with Crippen LogP contribution in [0.4, 0.5) is 10.1 Å². The van der Waals surface area contributed by atoms with Crippen LogP contribution in [0.15, 0.2) is 42.6 Å². The molecule has 1 heterocycles. The lowest BCUT2D eigenvalue weighted by molar-refractivity contribution is 0.631. The van der Waals surface area contributed by atoms with Crippen molar-refractivity contribution >= 4 is 5.69 Å². The summed E-state index contributed by atoms with van der Waals surface area (Å²) in [5.41, 5.74) is 7.20.